The number of nitrogens with zero attached hydrogens (tertiary/aromatic N) is 1. The Morgan fingerprint density at radius 1 is 1.63 bits per heavy atom. The maximum Gasteiger partial charge on any atom is 0.253 e. The molecule has 1 N–H and O–H groups in total. The highest BCUT2D eigenvalue weighted by molar-refractivity contribution is 6.31. The van der Waals surface area contributed by atoms with Crippen molar-refractivity contribution in [3.8, 4) is 0 Å². The summed E-state index contributed by atoms with van der Waals surface area (Å²) in [5, 5.41) is 3.43. The van der Waals surface area contributed by atoms with Gasteiger partial charge < -0.3 is 15.0 Å². The number of hydrogen-bond donors (Lipinski definition) is 1. The van der Waals surface area contributed by atoms with Crippen LogP contribution in [-0.2, 0) is 16.1 Å². The standard InChI is InChI=1S/C13H16ClFN2O2/c1-17(13(18)12-7-16-4-5-19-12)8-9-2-3-10(15)6-11(9)14/h2-3,6,12,16H,4-5,7-8H2,1H3/t12-/m1/s1. The monoisotopic (exact) mass is 286 g/mol. The number of likely N-dealkylation sites (N-methyl/N-ethyl adjacent to an activating group) is 1. The average molecular weight is 287 g/mol. The second-order valence-electron chi connectivity index (χ2n) is 4.49. The molecule has 19 heavy (non-hydrogen) atoms. The summed E-state index contributed by atoms with van der Waals surface area (Å²) in [6.07, 6.45) is -0.460. The average Bonchev–Trinajstić information content (AvgIpc) is 2.42. The lowest BCUT2D eigenvalue weighted by atomic mass is 10.2. The number of rotatable bonds is 3. The third-order valence-corrected chi connectivity index (χ3v) is 3.35. The number of hydrogen-bond acceptors (Lipinski definition) is 3. The van der Waals surface area contributed by atoms with E-state index in [1.807, 2.05) is 0 Å². The van der Waals surface area contributed by atoms with E-state index in [9.17, 15) is 9.18 Å². The third kappa shape index (κ3) is 3.65. The Morgan fingerprint density at radius 3 is 3.05 bits per heavy atom. The number of ether oxygens (including phenoxy) is 1. The van der Waals surface area contributed by atoms with Crippen LogP contribution in [0.1, 0.15) is 5.56 Å². The van der Waals surface area contributed by atoms with E-state index in [2.05, 4.69) is 5.32 Å². The molecule has 1 atom stereocenters. The highest BCUT2D eigenvalue weighted by Gasteiger charge is 2.25. The maximum atomic E-state index is 12.9. The zero-order chi connectivity index (χ0) is 13.8. The summed E-state index contributed by atoms with van der Waals surface area (Å²) in [6.45, 7) is 2.14. The Kier molecular flexibility index (Phi) is 4.74. The molecule has 0 spiro atoms. The molecule has 0 aliphatic carbocycles. The molecule has 0 saturated carbocycles. The first-order chi connectivity index (χ1) is 9.08. The van der Waals surface area contributed by atoms with Crippen LogP contribution in [0.15, 0.2) is 18.2 Å². The minimum Gasteiger partial charge on any atom is -0.366 e. The Balaban J connectivity index is 1.99. The van der Waals surface area contributed by atoms with Crippen molar-refractivity contribution in [1.29, 1.82) is 0 Å². The molecule has 1 aliphatic rings. The molecule has 0 radical (unpaired) electrons. The van der Waals surface area contributed by atoms with E-state index in [0.29, 0.717) is 30.3 Å². The number of amides is 1. The molecule has 0 bridgehead atoms. The lowest BCUT2D eigenvalue weighted by molar-refractivity contribution is -0.144. The lowest BCUT2D eigenvalue weighted by Crippen LogP contribution is -2.48. The molecule has 1 aliphatic heterocycles. The summed E-state index contributed by atoms with van der Waals surface area (Å²) in [4.78, 5) is 13.7. The van der Waals surface area contributed by atoms with Gasteiger partial charge in [0.25, 0.3) is 5.91 Å². The van der Waals surface area contributed by atoms with Crippen LogP contribution in [0.3, 0.4) is 0 Å². The smallest absolute Gasteiger partial charge is 0.253 e. The molecule has 1 aromatic rings. The van der Waals surface area contributed by atoms with E-state index in [0.717, 1.165) is 6.54 Å². The Hall–Kier alpha value is -1.17. The van der Waals surface area contributed by atoms with Gasteiger partial charge in [0.2, 0.25) is 0 Å². The number of carbonyl (C=O) groups is 1. The van der Waals surface area contributed by atoms with Crippen molar-refractivity contribution in [2.45, 2.75) is 12.6 Å². The molecular formula is C13H16ClFN2O2. The zero-order valence-electron chi connectivity index (χ0n) is 10.7. The Bertz CT molecular complexity index is 464. The van der Waals surface area contributed by atoms with Crippen LogP contribution in [0.4, 0.5) is 4.39 Å². The number of nitrogens with one attached hydrogen (secondary N) is 1. The molecule has 104 valence electrons. The van der Waals surface area contributed by atoms with Gasteiger partial charge in [0.1, 0.15) is 11.9 Å². The van der Waals surface area contributed by atoms with Crippen LogP contribution in [-0.4, -0.2) is 43.7 Å². The van der Waals surface area contributed by atoms with Crippen LogP contribution in [0, 0.1) is 5.82 Å². The molecule has 0 aromatic heterocycles. The number of carbonyl (C=O) groups excluding carboxylic acids is 1. The van der Waals surface area contributed by atoms with E-state index in [4.69, 9.17) is 16.3 Å². The number of benzene rings is 1. The first-order valence-electron chi connectivity index (χ1n) is 6.09. The van der Waals surface area contributed by atoms with E-state index in [-0.39, 0.29) is 11.7 Å². The molecule has 1 saturated heterocycles. The quantitative estimate of drug-likeness (QED) is 0.914. The fourth-order valence-corrected chi connectivity index (χ4v) is 2.18. The van der Waals surface area contributed by atoms with Gasteiger partial charge in [-0.2, -0.15) is 0 Å². The minimum absolute atomic E-state index is 0.104. The van der Waals surface area contributed by atoms with Crippen molar-refractivity contribution >= 4 is 17.5 Å². The van der Waals surface area contributed by atoms with Gasteiger partial charge in [-0.3, -0.25) is 4.79 Å². The maximum absolute atomic E-state index is 12.9. The third-order valence-electron chi connectivity index (χ3n) is 3.00. The number of halogens is 2. The van der Waals surface area contributed by atoms with Gasteiger partial charge in [0.05, 0.1) is 6.61 Å². The van der Waals surface area contributed by atoms with Gasteiger partial charge in [0.15, 0.2) is 0 Å². The van der Waals surface area contributed by atoms with Crippen molar-refractivity contribution in [2.24, 2.45) is 0 Å². The number of morpholine rings is 1. The van der Waals surface area contributed by atoms with E-state index >= 15 is 0 Å². The summed E-state index contributed by atoms with van der Waals surface area (Å²) in [7, 11) is 1.68. The van der Waals surface area contributed by atoms with Crippen LogP contribution in [0.25, 0.3) is 0 Å². The predicted molar refractivity (Wildman–Crippen MR) is 70.5 cm³/mol. The van der Waals surface area contributed by atoms with E-state index in [1.54, 1.807) is 13.1 Å². The van der Waals surface area contributed by atoms with Gasteiger partial charge >= 0.3 is 0 Å². The molecule has 1 amide bonds. The molecule has 2 rings (SSSR count). The lowest BCUT2D eigenvalue weighted by Gasteiger charge is -2.27. The molecule has 0 unspecified atom stereocenters. The summed E-state index contributed by atoms with van der Waals surface area (Å²) in [5.74, 6) is -0.491. The summed E-state index contributed by atoms with van der Waals surface area (Å²) in [5.41, 5.74) is 0.711. The molecule has 4 nitrogen and oxygen atoms in total. The molecule has 1 heterocycles. The van der Waals surface area contributed by atoms with Gasteiger partial charge in [-0.1, -0.05) is 17.7 Å². The molecule has 1 fully saturated rings. The Labute approximate surface area is 116 Å². The van der Waals surface area contributed by atoms with Gasteiger partial charge in [0, 0.05) is 31.7 Å². The van der Waals surface area contributed by atoms with Gasteiger partial charge in [-0.15, -0.1) is 0 Å². The topological polar surface area (TPSA) is 41.6 Å². The Morgan fingerprint density at radius 2 is 2.42 bits per heavy atom. The van der Waals surface area contributed by atoms with E-state index < -0.39 is 6.10 Å². The summed E-state index contributed by atoms with van der Waals surface area (Å²) < 4.78 is 18.3. The fraction of sp³-hybridized carbons (Fsp3) is 0.462. The van der Waals surface area contributed by atoms with Crippen LogP contribution in [0.5, 0.6) is 0 Å². The molecular weight excluding hydrogens is 271 g/mol. The summed E-state index contributed by atoms with van der Waals surface area (Å²) in [6, 6.07) is 4.16. The van der Waals surface area contributed by atoms with Gasteiger partial charge in [-0.25, -0.2) is 4.39 Å². The minimum atomic E-state index is -0.460. The first-order valence-corrected chi connectivity index (χ1v) is 6.47. The van der Waals surface area contributed by atoms with Crippen LogP contribution >= 0.6 is 11.6 Å². The van der Waals surface area contributed by atoms with Crippen molar-refractivity contribution in [1.82, 2.24) is 10.2 Å². The van der Waals surface area contributed by atoms with Gasteiger partial charge in [-0.05, 0) is 17.7 Å². The fourth-order valence-electron chi connectivity index (χ4n) is 1.95. The molecule has 6 heteroatoms. The SMILES string of the molecule is CN(Cc1ccc(F)cc1Cl)C(=O)[C@H]1CNCCO1. The highest BCUT2D eigenvalue weighted by Crippen LogP contribution is 2.19. The van der Waals surface area contributed by atoms with Crippen molar-refractivity contribution in [3.63, 3.8) is 0 Å². The summed E-state index contributed by atoms with van der Waals surface area (Å²) >= 11 is 5.94. The van der Waals surface area contributed by atoms with E-state index in [1.165, 1.54) is 17.0 Å². The second kappa shape index (κ2) is 6.32. The zero-order valence-corrected chi connectivity index (χ0v) is 11.4. The van der Waals surface area contributed by atoms with Crippen molar-refractivity contribution in [3.05, 3.63) is 34.6 Å². The first kappa shape index (κ1) is 14.2. The second-order valence-corrected chi connectivity index (χ2v) is 4.90. The largest absolute Gasteiger partial charge is 0.366 e. The van der Waals surface area contributed by atoms with Crippen LogP contribution < -0.4 is 5.32 Å². The predicted octanol–water partition coefficient (Wildman–Crippen LogP) is 1.43. The highest BCUT2D eigenvalue weighted by atomic mass is 35.5. The van der Waals surface area contributed by atoms with Crippen LogP contribution in [0.2, 0.25) is 5.02 Å². The normalized spacial score (nSPS) is 19.2. The van der Waals surface area contributed by atoms with Crippen molar-refractivity contribution in [2.75, 3.05) is 26.7 Å². The van der Waals surface area contributed by atoms with Crippen molar-refractivity contribution < 1.29 is 13.9 Å². The molecule has 1 aromatic carbocycles.